The lowest BCUT2D eigenvalue weighted by Gasteiger charge is -2.19. The number of sulfonamides is 1. The highest BCUT2D eigenvalue weighted by Gasteiger charge is 2.32. The van der Waals surface area contributed by atoms with Crippen LogP contribution in [0.15, 0.2) is 120 Å². The summed E-state index contributed by atoms with van der Waals surface area (Å²) in [7, 11) is -10.2. The number of hydrogen-bond acceptors (Lipinski definition) is 20. The summed E-state index contributed by atoms with van der Waals surface area (Å²) in [5.41, 5.74) is 3.27. The second kappa shape index (κ2) is 24.6. The van der Waals surface area contributed by atoms with Gasteiger partial charge in [0.15, 0.2) is 47.0 Å². The Labute approximate surface area is 472 Å². The second-order valence-corrected chi connectivity index (χ2v) is 26.6. The number of sulfone groups is 3. The van der Waals surface area contributed by atoms with Crippen LogP contribution >= 0.6 is 23.2 Å². The predicted molar refractivity (Wildman–Crippen MR) is 299 cm³/mol. The second-order valence-electron chi connectivity index (χ2n) is 17.9. The normalized spacial score (nSPS) is 12.7. The molecule has 424 valence electrons. The van der Waals surface area contributed by atoms with Crippen LogP contribution in [0.5, 0.6) is 23.0 Å². The number of aliphatic hydroxyl groups is 2. The average Bonchev–Trinajstić information content (AvgIpc) is 4.05. The number of nitrogens with one attached hydrogen (secondary N) is 1. The summed E-state index contributed by atoms with van der Waals surface area (Å²) in [6, 6.07) is 21.4. The van der Waals surface area contributed by atoms with Gasteiger partial charge in [-0.1, -0.05) is 47.5 Å². The van der Waals surface area contributed by atoms with Crippen molar-refractivity contribution in [2.24, 2.45) is 0 Å². The Bertz CT molecular complexity index is 3770. The van der Waals surface area contributed by atoms with Gasteiger partial charge >= 0.3 is 0 Å². The highest BCUT2D eigenvalue weighted by molar-refractivity contribution is 7.92. The molecule has 0 aliphatic rings. The van der Waals surface area contributed by atoms with Crippen LogP contribution in [0, 0.1) is 13.8 Å². The summed E-state index contributed by atoms with van der Waals surface area (Å²) >= 11 is 11.9. The molecule has 0 amide bonds. The molecule has 0 radical (unpaired) electrons. The average molecular weight is 1220 g/mol. The van der Waals surface area contributed by atoms with E-state index in [1.54, 1.807) is 67.3 Å². The molecule has 0 fully saturated rings. The molecule has 0 aliphatic carbocycles. The summed E-state index contributed by atoms with van der Waals surface area (Å²) in [5, 5.41) is 38.7. The van der Waals surface area contributed by atoms with E-state index in [1.165, 1.54) is 67.9 Å². The SMILES string of the molecule is COc1cccc(OC)c1-n1c(CS(=O)(=O)C[C@H](O)c2ccc(Cl)cc2S(C)(=O)=O)nnc1-c1cncc(C)c1.COc1cccc(OC)c1-n1c(NS(=O)(=O)C[C@@H](O)c2ccc(Cl)cc2S(C)(=O)=O)nnc1-c1cncc(C)c1. The van der Waals surface area contributed by atoms with Crippen LogP contribution in [-0.2, 0) is 45.3 Å². The Morgan fingerprint density at radius 2 is 0.963 bits per heavy atom. The number of aromatic nitrogens is 8. The van der Waals surface area contributed by atoms with Gasteiger partial charge in [-0.3, -0.25) is 23.8 Å². The molecule has 8 rings (SSSR count). The molecule has 0 unspecified atom stereocenters. The van der Waals surface area contributed by atoms with Gasteiger partial charge in [-0.25, -0.2) is 33.7 Å². The highest BCUT2D eigenvalue weighted by Crippen LogP contribution is 2.40. The predicted octanol–water partition coefficient (Wildman–Crippen LogP) is 6.55. The molecule has 0 saturated heterocycles. The molecule has 0 bridgehead atoms. The number of anilines is 1. The van der Waals surface area contributed by atoms with Gasteiger partial charge in [-0.2, -0.15) is 0 Å². The topological polar surface area (TPSA) is 313 Å². The third kappa shape index (κ3) is 14.0. The zero-order valence-corrected chi connectivity index (χ0v) is 48.7. The summed E-state index contributed by atoms with van der Waals surface area (Å²) in [4.78, 5) is 7.89. The Morgan fingerprint density at radius 1 is 0.550 bits per heavy atom. The molecule has 2 atom stereocenters. The molecule has 4 aromatic heterocycles. The van der Waals surface area contributed by atoms with Crippen molar-refractivity contribution in [1.29, 1.82) is 0 Å². The lowest BCUT2D eigenvalue weighted by molar-refractivity contribution is 0.198. The minimum atomic E-state index is -4.35. The number of halogens is 2. The first-order valence-corrected chi connectivity index (χ1v) is 31.4. The van der Waals surface area contributed by atoms with Crippen molar-refractivity contribution in [3.63, 3.8) is 0 Å². The quantitative estimate of drug-likeness (QED) is 0.0728. The fourth-order valence-corrected chi connectivity index (χ4v) is 13.2. The molecule has 0 aliphatic heterocycles. The van der Waals surface area contributed by atoms with Gasteiger partial charge in [0.05, 0.1) is 61.9 Å². The highest BCUT2D eigenvalue weighted by atomic mass is 35.5. The van der Waals surface area contributed by atoms with Crippen molar-refractivity contribution in [3.05, 3.63) is 148 Å². The fraction of sp³-hybridized carbons (Fsp3) is 0.255. The van der Waals surface area contributed by atoms with Crippen LogP contribution in [0.25, 0.3) is 34.2 Å². The Kier molecular flexibility index (Phi) is 18.6. The summed E-state index contributed by atoms with van der Waals surface area (Å²) in [6.07, 6.45) is 4.97. The molecular formula is C51H53Cl2N9O14S4. The largest absolute Gasteiger partial charge is 0.494 e. The van der Waals surface area contributed by atoms with E-state index in [-0.39, 0.29) is 48.6 Å². The van der Waals surface area contributed by atoms with E-state index in [9.17, 15) is 43.9 Å². The van der Waals surface area contributed by atoms with Gasteiger partial charge in [0.2, 0.25) is 16.0 Å². The molecule has 29 heteroatoms. The number of benzene rings is 4. The zero-order valence-electron chi connectivity index (χ0n) is 43.9. The number of pyridine rings is 2. The van der Waals surface area contributed by atoms with Crippen molar-refractivity contribution in [2.45, 2.75) is 41.6 Å². The maximum Gasteiger partial charge on any atom is 0.243 e. The van der Waals surface area contributed by atoms with E-state index in [0.29, 0.717) is 51.3 Å². The van der Waals surface area contributed by atoms with Crippen LogP contribution in [0.4, 0.5) is 5.95 Å². The van der Waals surface area contributed by atoms with E-state index >= 15 is 0 Å². The number of ether oxygens (including phenoxy) is 4. The molecule has 23 nitrogen and oxygen atoms in total. The molecule has 80 heavy (non-hydrogen) atoms. The lowest BCUT2D eigenvalue weighted by Crippen LogP contribution is -2.24. The molecule has 4 aromatic carbocycles. The first-order valence-electron chi connectivity index (χ1n) is 23.4. The van der Waals surface area contributed by atoms with Crippen molar-refractivity contribution < 1.29 is 62.8 Å². The van der Waals surface area contributed by atoms with Crippen molar-refractivity contribution in [2.75, 3.05) is 57.2 Å². The van der Waals surface area contributed by atoms with Gasteiger partial charge in [-0.15, -0.1) is 20.4 Å². The lowest BCUT2D eigenvalue weighted by atomic mass is 10.1. The maximum absolute atomic E-state index is 13.4. The minimum absolute atomic E-state index is 0.0194. The molecule has 8 aromatic rings. The number of rotatable bonds is 20. The smallest absolute Gasteiger partial charge is 0.243 e. The zero-order chi connectivity index (χ0) is 58.5. The van der Waals surface area contributed by atoms with Gasteiger partial charge in [-0.05, 0) is 85.6 Å². The van der Waals surface area contributed by atoms with Gasteiger partial charge < -0.3 is 29.2 Å². The van der Waals surface area contributed by atoms with Crippen LogP contribution in [0.2, 0.25) is 10.0 Å². The Balaban J connectivity index is 0.000000231. The number of hydrogen-bond donors (Lipinski definition) is 3. The summed E-state index contributed by atoms with van der Waals surface area (Å²) in [5.74, 6) is -0.589. The van der Waals surface area contributed by atoms with E-state index in [2.05, 4.69) is 35.1 Å². The van der Waals surface area contributed by atoms with Gasteiger partial charge in [0.25, 0.3) is 0 Å². The number of nitrogens with zero attached hydrogens (tertiary/aromatic N) is 8. The van der Waals surface area contributed by atoms with Crippen LogP contribution < -0.4 is 23.7 Å². The summed E-state index contributed by atoms with van der Waals surface area (Å²) in [6.45, 7) is 3.70. The fourth-order valence-electron chi connectivity index (χ4n) is 8.31. The third-order valence-corrected chi connectivity index (χ3v) is 17.3. The number of methoxy groups -OCH3 is 4. The molecule has 4 heterocycles. The van der Waals surface area contributed by atoms with Crippen LogP contribution in [-0.4, -0.2) is 136 Å². The first kappa shape index (κ1) is 60.4. The van der Waals surface area contributed by atoms with E-state index in [1.807, 2.05) is 19.9 Å². The Morgan fingerprint density at radius 3 is 1.39 bits per heavy atom. The third-order valence-electron chi connectivity index (χ3n) is 11.8. The molecule has 3 N–H and O–H groups in total. The van der Waals surface area contributed by atoms with Crippen LogP contribution in [0.3, 0.4) is 0 Å². The first-order chi connectivity index (χ1) is 37.7. The van der Waals surface area contributed by atoms with E-state index < -0.39 is 69.0 Å². The van der Waals surface area contributed by atoms with E-state index in [4.69, 9.17) is 42.1 Å². The number of aryl methyl sites for hydroxylation is 2. The molecule has 0 spiro atoms. The standard InChI is InChI=1S/C26H27ClN4O7S2.C25H26ClN5O7S2/c1-16-10-17(13-28-12-16)26-30-29-24(31(26)25-21(37-2)6-5-7-22(25)38-3)15-40(35,36)14-20(32)19-9-8-18(27)11-23(19)39(4,33)34;1-15-10-16(13-27-12-15)24-28-29-25(31(24)23-20(37-2)6-5-7-21(23)38-3)30-40(35,36)14-19(32)18-9-8-17(26)11-22(18)39(4,33)34/h5-13,20,32H,14-15H2,1-4H3;5-13,19,32H,14H2,1-4H3,(H,29,30)/t20-;19-/m01/s1. The van der Waals surface area contributed by atoms with Crippen molar-refractivity contribution >= 4 is 68.7 Å². The molecule has 0 saturated carbocycles. The van der Waals surface area contributed by atoms with E-state index in [0.717, 1.165) is 29.7 Å². The molecular weight excluding hydrogens is 1160 g/mol. The monoisotopic (exact) mass is 1210 g/mol. The van der Waals surface area contributed by atoms with Gasteiger partial charge in [0.1, 0.15) is 40.1 Å². The van der Waals surface area contributed by atoms with Crippen molar-refractivity contribution in [1.82, 2.24) is 39.5 Å². The minimum Gasteiger partial charge on any atom is -0.494 e. The number of para-hydroxylation sites is 2. The Hall–Kier alpha value is -7.24. The van der Waals surface area contributed by atoms with Crippen molar-refractivity contribution in [3.8, 4) is 57.1 Å². The van der Waals surface area contributed by atoms with Gasteiger partial charge in [0, 0.05) is 69.6 Å². The summed E-state index contributed by atoms with van der Waals surface area (Å²) < 4.78 is 130. The maximum atomic E-state index is 13.4. The number of aliphatic hydroxyl groups excluding tert-OH is 2. The van der Waals surface area contributed by atoms with Crippen LogP contribution in [0.1, 0.15) is 40.3 Å².